The van der Waals surface area contributed by atoms with Gasteiger partial charge < -0.3 is 0 Å². The molecule has 0 saturated heterocycles. The Labute approximate surface area is 76.6 Å². The van der Waals surface area contributed by atoms with Gasteiger partial charge in [0.25, 0.3) is 0 Å². The summed E-state index contributed by atoms with van der Waals surface area (Å²) in [6, 6.07) is 6.26. The van der Waals surface area contributed by atoms with Crippen LogP contribution in [0.2, 0.25) is 0 Å². The Morgan fingerprint density at radius 3 is 2.85 bits per heavy atom. The topological polar surface area (TPSA) is 17.1 Å². The van der Waals surface area contributed by atoms with Crippen molar-refractivity contribution in [2.24, 2.45) is 5.92 Å². The van der Waals surface area contributed by atoms with Crippen LogP contribution in [-0.4, -0.2) is 5.78 Å². The SMILES string of the molecule is O=C(Cc1cccc(F)c1)C1CC1. The minimum Gasteiger partial charge on any atom is -0.299 e. The lowest BCUT2D eigenvalue weighted by molar-refractivity contribution is -0.119. The third-order valence-corrected chi connectivity index (χ3v) is 2.30. The Morgan fingerprint density at radius 2 is 2.23 bits per heavy atom. The van der Waals surface area contributed by atoms with Gasteiger partial charge >= 0.3 is 0 Å². The van der Waals surface area contributed by atoms with Gasteiger partial charge in [-0.3, -0.25) is 4.79 Å². The first kappa shape index (κ1) is 8.42. The third kappa shape index (κ3) is 2.14. The summed E-state index contributed by atoms with van der Waals surface area (Å²) < 4.78 is 12.7. The maximum absolute atomic E-state index is 12.7. The maximum Gasteiger partial charge on any atom is 0.140 e. The molecule has 0 spiro atoms. The van der Waals surface area contributed by atoms with Crippen molar-refractivity contribution in [1.29, 1.82) is 0 Å². The van der Waals surface area contributed by atoms with E-state index < -0.39 is 0 Å². The number of hydrogen-bond acceptors (Lipinski definition) is 1. The second kappa shape index (κ2) is 3.29. The van der Waals surface area contributed by atoms with E-state index >= 15 is 0 Å². The lowest BCUT2D eigenvalue weighted by Gasteiger charge is -1.98. The lowest BCUT2D eigenvalue weighted by atomic mass is 10.1. The molecule has 0 N–H and O–H groups in total. The molecule has 1 aliphatic carbocycles. The van der Waals surface area contributed by atoms with Crippen molar-refractivity contribution in [3.8, 4) is 0 Å². The van der Waals surface area contributed by atoms with Crippen LogP contribution >= 0.6 is 0 Å². The van der Waals surface area contributed by atoms with Crippen LogP contribution in [0.4, 0.5) is 4.39 Å². The molecule has 68 valence electrons. The maximum atomic E-state index is 12.7. The van der Waals surface area contributed by atoms with Crippen molar-refractivity contribution >= 4 is 5.78 Å². The zero-order valence-electron chi connectivity index (χ0n) is 7.29. The fraction of sp³-hybridized carbons (Fsp3) is 0.364. The summed E-state index contributed by atoms with van der Waals surface area (Å²) in [7, 11) is 0. The van der Waals surface area contributed by atoms with E-state index in [0.717, 1.165) is 18.4 Å². The predicted molar refractivity (Wildman–Crippen MR) is 47.8 cm³/mol. The van der Waals surface area contributed by atoms with Gasteiger partial charge in [-0.1, -0.05) is 12.1 Å². The highest BCUT2D eigenvalue weighted by Crippen LogP contribution is 2.30. The Bertz CT molecular complexity index is 329. The largest absolute Gasteiger partial charge is 0.299 e. The summed E-state index contributed by atoms with van der Waals surface area (Å²) in [6.07, 6.45) is 2.44. The molecule has 0 radical (unpaired) electrons. The number of benzene rings is 1. The average Bonchev–Trinajstić information content (AvgIpc) is 2.85. The third-order valence-electron chi connectivity index (χ3n) is 2.30. The normalized spacial score (nSPS) is 15.8. The van der Waals surface area contributed by atoms with Gasteiger partial charge in [0.2, 0.25) is 0 Å². The van der Waals surface area contributed by atoms with E-state index in [1.807, 2.05) is 0 Å². The molecule has 0 heterocycles. The van der Waals surface area contributed by atoms with E-state index in [1.165, 1.54) is 12.1 Å². The van der Waals surface area contributed by atoms with E-state index in [2.05, 4.69) is 0 Å². The van der Waals surface area contributed by atoms with Crippen LogP contribution < -0.4 is 0 Å². The molecular formula is C11H11FO. The first-order valence-corrected chi connectivity index (χ1v) is 4.53. The van der Waals surface area contributed by atoms with Crippen LogP contribution in [0.25, 0.3) is 0 Å². The highest BCUT2D eigenvalue weighted by atomic mass is 19.1. The Balaban J connectivity index is 2.04. The molecule has 2 rings (SSSR count). The molecule has 1 aliphatic rings. The van der Waals surface area contributed by atoms with E-state index in [1.54, 1.807) is 12.1 Å². The molecular weight excluding hydrogens is 167 g/mol. The number of carbonyl (C=O) groups excluding carboxylic acids is 1. The molecule has 2 heteroatoms. The zero-order valence-corrected chi connectivity index (χ0v) is 7.29. The number of carbonyl (C=O) groups is 1. The van der Waals surface area contributed by atoms with Gasteiger partial charge in [0.05, 0.1) is 0 Å². The van der Waals surface area contributed by atoms with Crippen molar-refractivity contribution in [2.75, 3.05) is 0 Å². The van der Waals surface area contributed by atoms with Crippen molar-refractivity contribution in [2.45, 2.75) is 19.3 Å². The molecule has 13 heavy (non-hydrogen) atoms. The molecule has 0 amide bonds. The molecule has 1 saturated carbocycles. The second-order valence-corrected chi connectivity index (χ2v) is 3.55. The second-order valence-electron chi connectivity index (χ2n) is 3.55. The zero-order chi connectivity index (χ0) is 9.26. The van der Waals surface area contributed by atoms with Crippen LogP contribution in [0.3, 0.4) is 0 Å². The van der Waals surface area contributed by atoms with Crippen molar-refractivity contribution in [3.05, 3.63) is 35.6 Å². The minimum atomic E-state index is -0.263. The predicted octanol–water partition coefficient (Wildman–Crippen LogP) is 2.35. The van der Waals surface area contributed by atoms with E-state index in [-0.39, 0.29) is 17.5 Å². The molecule has 0 aromatic heterocycles. The Kier molecular flexibility index (Phi) is 2.13. The summed E-state index contributed by atoms with van der Waals surface area (Å²) in [6.45, 7) is 0. The van der Waals surface area contributed by atoms with Crippen LogP contribution in [0.15, 0.2) is 24.3 Å². The Hall–Kier alpha value is -1.18. The quantitative estimate of drug-likeness (QED) is 0.694. The molecule has 0 aliphatic heterocycles. The van der Waals surface area contributed by atoms with E-state index in [0.29, 0.717) is 6.42 Å². The lowest BCUT2D eigenvalue weighted by Crippen LogP contribution is -2.04. The van der Waals surface area contributed by atoms with Gasteiger partial charge in [-0.15, -0.1) is 0 Å². The summed E-state index contributed by atoms with van der Waals surface area (Å²) in [5.41, 5.74) is 0.789. The number of rotatable bonds is 3. The molecule has 1 aromatic carbocycles. The van der Waals surface area contributed by atoms with Gasteiger partial charge in [-0.05, 0) is 30.5 Å². The molecule has 0 bridgehead atoms. The van der Waals surface area contributed by atoms with Gasteiger partial charge in [0, 0.05) is 12.3 Å². The monoisotopic (exact) mass is 178 g/mol. The van der Waals surface area contributed by atoms with E-state index in [4.69, 9.17) is 0 Å². The number of halogens is 1. The first-order chi connectivity index (χ1) is 6.25. The molecule has 0 unspecified atom stereocenters. The highest BCUT2D eigenvalue weighted by molar-refractivity contribution is 5.85. The van der Waals surface area contributed by atoms with Crippen molar-refractivity contribution in [3.63, 3.8) is 0 Å². The van der Waals surface area contributed by atoms with Crippen molar-refractivity contribution < 1.29 is 9.18 Å². The number of ketones is 1. The summed E-state index contributed by atoms with van der Waals surface area (Å²) >= 11 is 0. The van der Waals surface area contributed by atoms with E-state index in [9.17, 15) is 9.18 Å². The molecule has 1 nitrogen and oxygen atoms in total. The number of Topliss-reactive ketones (excluding diaryl/α,β-unsaturated/α-hetero) is 1. The smallest absolute Gasteiger partial charge is 0.140 e. The van der Waals surface area contributed by atoms with Gasteiger partial charge in [-0.25, -0.2) is 4.39 Å². The standard InChI is InChI=1S/C11H11FO/c12-10-3-1-2-8(6-10)7-11(13)9-4-5-9/h1-3,6,9H,4-5,7H2. The minimum absolute atomic E-state index is 0.255. The molecule has 1 aromatic rings. The first-order valence-electron chi connectivity index (χ1n) is 4.53. The van der Waals surface area contributed by atoms with Crippen LogP contribution in [0, 0.1) is 11.7 Å². The van der Waals surface area contributed by atoms with Gasteiger partial charge in [0.15, 0.2) is 0 Å². The highest BCUT2D eigenvalue weighted by Gasteiger charge is 2.28. The summed E-state index contributed by atoms with van der Waals surface area (Å²) in [5, 5.41) is 0. The van der Waals surface area contributed by atoms with Crippen LogP contribution in [0.5, 0.6) is 0 Å². The molecule has 0 atom stereocenters. The van der Waals surface area contributed by atoms with Crippen LogP contribution in [0.1, 0.15) is 18.4 Å². The number of hydrogen-bond donors (Lipinski definition) is 0. The average molecular weight is 178 g/mol. The molecule has 1 fully saturated rings. The fourth-order valence-electron chi connectivity index (χ4n) is 1.40. The summed E-state index contributed by atoms with van der Waals surface area (Å²) in [5.74, 6) is 0.259. The van der Waals surface area contributed by atoms with Gasteiger partial charge in [0.1, 0.15) is 11.6 Å². The summed E-state index contributed by atoms with van der Waals surface area (Å²) in [4.78, 5) is 11.4. The fourth-order valence-corrected chi connectivity index (χ4v) is 1.40. The van der Waals surface area contributed by atoms with Crippen LogP contribution in [-0.2, 0) is 11.2 Å². The Morgan fingerprint density at radius 1 is 1.46 bits per heavy atom. The van der Waals surface area contributed by atoms with Gasteiger partial charge in [-0.2, -0.15) is 0 Å². The van der Waals surface area contributed by atoms with Crippen molar-refractivity contribution in [1.82, 2.24) is 0 Å².